The zero-order chi connectivity index (χ0) is 26.0. The first kappa shape index (κ1) is 26.9. The summed E-state index contributed by atoms with van der Waals surface area (Å²) < 4.78 is 34.6. The summed E-state index contributed by atoms with van der Waals surface area (Å²) in [6.07, 6.45) is -2.44. The number of ether oxygens (including phenoxy) is 3. The molecule has 0 saturated heterocycles. The number of rotatable bonds is 11. The minimum Gasteiger partial charge on any atom is -0.497 e. The number of nitrogens with one attached hydrogen (secondary N) is 1. The molecule has 36 heavy (non-hydrogen) atoms. The molecule has 0 spiro atoms. The van der Waals surface area contributed by atoms with Crippen LogP contribution in [0.1, 0.15) is 35.5 Å². The molecule has 0 aliphatic rings. The van der Waals surface area contributed by atoms with Gasteiger partial charge in [-0.2, -0.15) is 0 Å². The molecule has 0 aromatic heterocycles. The van der Waals surface area contributed by atoms with Crippen LogP contribution in [0.5, 0.6) is 5.75 Å². The van der Waals surface area contributed by atoms with Gasteiger partial charge in [0.2, 0.25) is 0 Å². The zero-order valence-electron chi connectivity index (χ0n) is 19.9. The van der Waals surface area contributed by atoms with Gasteiger partial charge < -0.3 is 24.4 Å². The van der Waals surface area contributed by atoms with Crippen LogP contribution in [0.3, 0.4) is 0 Å². The van der Waals surface area contributed by atoms with Crippen LogP contribution >= 0.6 is 7.60 Å². The number of hydrogen-bond acceptors (Lipinski definition) is 7. The first-order chi connectivity index (χ1) is 17.3. The summed E-state index contributed by atoms with van der Waals surface area (Å²) in [5.41, 5.74) is 1.31. The Labute approximate surface area is 209 Å². The Morgan fingerprint density at radius 1 is 0.889 bits per heavy atom. The van der Waals surface area contributed by atoms with E-state index in [0.717, 1.165) is 5.56 Å². The third-order valence-corrected chi connectivity index (χ3v) is 6.68. The van der Waals surface area contributed by atoms with Gasteiger partial charge in [-0.25, -0.2) is 9.59 Å². The molecule has 3 unspecified atom stereocenters. The number of amides is 1. The van der Waals surface area contributed by atoms with Crippen molar-refractivity contribution >= 4 is 19.7 Å². The quantitative estimate of drug-likeness (QED) is 0.268. The van der Waals surface area contributed by atoms with Crippen LogP contribution in [-0.4, -0.2) is 30.7 Å². The minimum atomic E-state index is -4.75. The van der Waals surface area contributed by atoms with Gasteiger partial charge in [-0.05, 0) is 35.7 Å². The van der Waals surface area contributed by atoms with Crippen molar-refractivity contribution in [1.29, 1.82) is 0 Å². The van der Waals surface area contributed by atoms with Gasteiger partial charge in [0.15, 0.2) is 11.9 Å². The molecule has 0 aliphatic carbocycles. The second-order valence-electron chi connectivity index (χ2n) is 7.59. The van der Waals surface area contributed by atoms with E-state index in [9.17, 15) is 19.0 Å². The molecule has 3 atom stereocenters. The fourth-order valence-corrected chi connectivity index (χ4v) is 4.76. The molecule has 1 amide bonds. The van der Waals surface area contributed by atoms with Crippen molar-refractivity contribution in [3.63, 3.8) is 0 Å². The van der Waals surface area contributed by atoms with Crippen LogP contribution in [-0.2, 0) is 30.0 Å². The first-order valence-corrected chi connectivity index (χ1v) is 12.8. The van der Waals surface area contributed by atoms with Crippen LogP contribution in [0, 0.1) is 0 Å². The normalized spacial score (nSPS) is 14.1. The van der Waals surface area contributed by atoms with Gasteiger partial charge >= 0.3 is 19.7 Å². The Hall–Kier alpha value is -3.65. The highest BCUT2D eigenvalue weighted by molar-refractivity contribution is 7.53. The number of alkyl carbamates (subject to hydrolysis) is 1. The first-order valence-electron chi connectivity index (χ1n) is 11.2. The van der Waals surface area contributed by atoms with Crippen molar-refractivity contribution in [3.05, 3.63) is 102 Å². The molecule has 2 N–H and O–H groups in total. The maximum atomic E-state index is 13.6. The number of methoxy groups -OCH3 is 1. The lowest BCUT2D eigenvalue weighted by atomic mass is 10.1. The average molecular weight is 513 g/mol. The predicted molar refractivity (Wildman–Crippen MR) is 132 cm³/mol. The Morgan fingerprint density at radius 3 is 2.08 bits per heavy atom. The fourth-order valence-electron chi connectivity index (χ4n) is 3.31. The summed E-state index contributed by atoms with van der Waals surface area (Å²) >= 11 is 0. The van der Waals surface area contributed by atoms with Gasteiger partial charge in [-0.15, -0.1) is 0 Å². The molecular formula is C26H28NO8P. The van der Waals surface area contributed by atoms with Gasteiger partial charge in [0.05, 0.1) is 13.7 Å². The van der Waals surface area contributed by atoms with Crippen molar-refractivity contribution in [2.24, 2.45) is 0 Å². The van der Waals surface area contributed by atoms with Crippen LogP contribution in [0.2, 0.25) is 0 Å². The van der Waals surface area contributed by atoms with Gasteiger partial charge in [0, 0.05) is 0 Å². The molecule has 3 aromatic carbocycles. The van der Waals surface area contributed by atoms with Crippen molar-refractivity contribution in [1.82, 2.24) is 5.32 Å². The Kier molecular flexibility index (Phi) is 9.64. The SMILES string of the molecule is CCOC(=O)C(OP(=O)(O)C(NC(=O)OCc1ccccc1)c1ccc(OC)cc1)c1ccccc1. The summed E-state index contributed by atoms with van der Waals surface area (Å²) in [4.78, 5) is 36.3. The summed E-state index contributed by atoms with van der Waals surface area (Å²) in [7, 11) is -3.27. The van der Waals surface area contributed by atoms with E-state index in [2.05, 4.69) is 5.32 Å². The number of hydrogen-bond donors (Lipinski definition) is 2. The van der Waals surface area contributed by atoms with E-state index < -0.39 is 31.5 Å². The second kappa shape index (κ2) is 12.9. The number of carbonyl (C=O) groups is 2. The number of esters is 1. The molecule has 3 aromatic rings. The van der Waals surface area contributed by atoms with E-state index in [4.69, 9.17) is 18.7 Å². The Balaban J connectivity index is 1.88. The summed E-state index contributed by atoms with van der Waals surface area (Å²) in [6, 6.07) is 23.3. The van der Waals surface area contributed by atoms with Crippen LogP contribution in [0.15, 0.2) is 84.9 Å². The molecule has 190 valence electrons. The van der Waals surface area contributed by atoms with Crippen molar-refractivity contribution in [2.75, 3.05) is 13.7 Å². The van der Waals surface area contributed by atoms with Crippen molar-refractivity contribution in [3.8, 4) is 5.75 Å². The van der Waals surface area contributed by atoms with Gasteiger partial charge in [-0.3, -0.25) is 9.09 Å². The second-order valence-corrected chi connectivity index (χ2v) is 9.45. The molecule has 0 aliphatic heterocycles. The molecule has 10 heteroatoms. The smallest absolute Gasteiger partial charge is 0.408 e. The Bertz CT molecular complexity index is 1170. The van der Waals surface area contributed by atoms with E-state index in [1.54, 1.807) is 73.7 Å². The monoisotopic (exact) mass is 513 g/mol. The Morgan fingerprint density at radius 2 is 1.50 bits per heavy atom. The lowest BCUT2D eigenvalue weighted by molar-refractivity contribution is -0.152. The number of benzene rings is 3. The lowest BCUT2D eigenvalue weighted by Crippen LogP contribution is -2.30. The van der Waals surface area contributed by atoms with E-state index >= 15 is 0 Å². The predicted octanol–water partition coefficient (Wildman–Crippen LogP) is 5.13. The minimum absolute atomic E-state index is 0.0476. The highest BCUT2D eigenvalue weighted by atomic mass is 31.2. The largest absolute Gasteiger partial charge is 0.497 e. The van der Waals surface area contributed by atoms with E-state index in [-0.39, 0.29) is 18.8 Å². The van der Waals surface area contributed by atoms with Gasteiger partial charge in [0.25, 0.3) is 0 Å². The van der Waals surface area contributed by atoms with Crippen molar-refractivity contribution < 1.29 is 37.8 Å². The highest BCUT2D eigenvalue weighted by Crippen LogP contribution is 2.58. The highest BCUT2D eigenvalue weighted by Gasteiger charge is 2.41. The third-order valence-electron chi connectivity index (χ3n) is 5.08. The molecule has 0 bridgehead atoms. The third kappa shape index (κ3) is 7.42. The topological polar surface area (TPSA) is 120 Å². The maximum Gasteiger partial charge on any atom is 0.408 e. The fraction of sp³-hybridized carbons (Fsp3) is 0.231. The molecule has 0 heterocycles. The molecule has 0 fully saturated rings. The van der Waals surface area contributed by atoms with Gasteiger partial charge in [0.1, 0.15) is 12.4 Å². The molecular weight excluding hydrogens is 485 g/mol. The maximum absolute atomic E-state index is 13.6. The van der Waals surface area contributed by atoms with E-state index in [0.29, 0.717) is 11.3 Å². The van der Waals surface area contributed by atoms with Crippen LogP contribution < -0.4 is 10.1 Å². The molecule has 0 radical (unpaired) electrons. The average Bonchev–Trinajstić information content (AvgIpc) is 2.90. The van der Waals surface area contributed by atoms with E-state index in [1.807, 2.05) is 6.07 Å². The molecule has 3 rings (SSSR count). The van der Waals surface area contributed by atoms with Crippen LogP contribution in [0.4, 0.5) is 4.79 Å². The van der Waals surface area contributed by atoms with E-state index in [1.165, 1.54) is 19.2 Å². The standard InChI is InChI=1S/C26H28NO8P/c1-3-33-25(28)23(20-12-8-5-9-13-20)35-36(30,31)24(21-14-16-22(32-2)17-15-21)27-26(29)34-18-19-10-6-4-7-11-19/h4-17,23-24H,3,18H2,1-2H3,(H,27,29)(H,30,31). The summed E-state index contributed by atoms with van der Waals surface area (Å²) in [5, 5.41) is 2.42. The molecule has 0 saturated carbocycles. The molecule has 9 nitrogen and oxygen atoms in total. The summed E-state index contributed by atoms with van der Waals surface area (Å²) in [5.74, 6) is -1.88. The van der Waals surface area contributed by atoms with Crippen molar-refractivity contribution in [2.45, 2.75) is 25.4 Å². The van der Waals surface area contributed by atoms with Crippen LogP contribution in [0.25, 0.3) is 0 Å². The van der Waals surface area contributed by atoms with Gasteiger partial charge in [-0.1, -0.05) is 72.8 Å². The number of carbonyl (C=O) groups excluding carboxylic acids is 2. The summed E-state index contributed by atoms with van der Waals surface area (Å²) in [6.45, 7) is 1.62. The lowest BCUT2D eigenvalue weighted by Gasteiger charge is -2.27. The zero-order valence-corrected chi connectivity index (χ0v) is 20.8.